The minimum Gasteiger partial charge on any atom is -0.324 e. The van der Waals surface area contributed by atoms with E-state index in [9.17, 15) is 4.79 Å². The quantitative estimate of drug-likeness (QED) is 0.556. The van der Waals surface area contributed by atoms with Gasteiger partial charge in [-0.15, -0.1) is 0 Å². The highest BCUT2D eigenvalue weighted by molar-refractivity contribution is 5.83. The number of hydrogen-bond acceptors (Lipinski definition) is 3. The SMILES string of the molecule is CC1C2CC3(OCON3C2=O)C1C. The third kappa shape index (κ3) is 0.647. The van der Waals surface area contributed by atoms with Crippen molar-refractivity contribution in [1.82, 2.24) is 5.06 Å². The Hall–Kier alpha value is -0.610. The molecule has 72 valence electrons. The molecule has 2 bridgehead atoms. The fourth-order valence-electron chi connectivity index (χ4n) is 2.97. The third-order valence-electron chi connectivity index (χ3n) is 4.00. The normalized spacial score (nSPS) is 53.2. The van der Waals surface area contributed by atoms with Gasteiger partial charge in [0.2, 0.25) is 0 Å². The Morgan fingerprint density at radius 3 is 3.08 bits per heavy atom. The molecule has 3 aliphatic rings. The summed E-state index contributed by atoms with van der Waals surface area (Å²) in [5, 5.41) is 1.47. The number of carbonyl (C=O) groups excluding carboxylic acids is 1. The van der Waals surface area contributed by atoms with E-state index < -0.39 is 5.72 Å². The first-order chi connectivity index (χ1) is 6.17. The Bertz CT molecular complexity index is 280. The second-order valence-electron chi connectivity index (χ2n) is 4.33. The second-order valence-corrected chi connectivity index (χ2v) is 4.33. The van der Waals surface area contributed by atoms with Gasteiger partial charge in [-0.25, -0.2) is 4.84 Å². The van der Waals surface area contributed by atoms with Gasteiger partial charge in [0.1, 0.15) is 0 Å². The van der Waals surface area contributed by atoms with Crippen molar-refractivity contribution in [2.75, 3.05) is 6.79 Å². The Balaban J connectivity index is 2.07. The maximum atomic E-state index is 11.7. The van der Waals surface area contributed by atoms with Crippen molar-refractivity contribution in [2.45, 2.75) is 26.0 Å². The molecule has 4 heteroatoms. The van der Waals surface area contributed by atoms with Gasteiger partial charge >= 0.3 is 0 Å². The van der Waals surface area contributed by atoms with Gasteiger partial charge in [-0.1, -0.05) is 13.8 Å². The smallest absolute Gasteiger partial charge is 0.252 e. The van der Waals surface area contributed by atoms with Crippen LogP contribution in [0.4, 0.5) is 0 Å². The van der Waals surface area contributed by atoms with E-state index in [1.807, 2.05) is 0 Å². The number of ether oxygens (including phenoxy) is 1. The van der Waals surface area contributed by atoms with Crippen molar-refractivity contribution in [2.24, 2.45) is 17.8 Å². The highest BCUT2D eigenvalue weighted by atomic mass is 16.9. The molecular weight excluding hydrogens is 170 g/mol. The molecule has 13 heavy (non-hydrogen) atoms. The minimum absolute atomic E-state index is 0.114. The van der Waals surface area contributed by atoms with Gasteiger partial charge < -0.3 is 4.74 Å². The largest absolute Gasteiger partial charge is 0.324 e. The molecule has 1 spiro atoms. The Morgan fingerprint density at radius 1 is 1.54 bits per heavy atom. The monoisotopic (exact) mass is 183 g/mol. The Morgan fingerprint density at radius 2 is 2.31 bits per heavy atom. The molecule has 2 heterocycles. The molecular formula is C9H13NO3. The lowest BCUT2D eigenvalue weighted by molar-refractivity contribution is -0.200. The molecule has 0 N–H and O–H groups in total. The van der Waals surface area contributed by atoms with Crippen LogP contribution >= 0.6 is 0 Å². The number of amides is 1. The van der Waals surface area contributed by atoms with E-state index in [0.717, 1.165) is 6.42 Å². The predicted molar refractivity (Wildman–Crippen MR) is 43.0 cm³/mol. The lowest BCUT2D eigenvalue weighted by Gasteiger charge is -2.35. The van der Waals surface area contributed by atoms with Gasteiger partial charge in [-0.05, 0) is 5.92 Å². The Kier molecular flexibility index (Phi) is 1.23. The summed E-state index contributed by atoms with van der Waals surface area (Å²) < 4.78 is 5.59. The topological polar surface area (TPSA) is 38.8 Å². The summed E-state index contributed by atoms with van der Waals surface area (Å²) in [6.45, 7) is 4.50. The summed E-state index contributed by atoms with van der Waals surface area (Å²) in [7, 11) is 0. The number of carbonyl (C=O) groups is 1. The summed E-state index contributed by atoms with van der Waals surface area (Å²) in [5.74, 6) is 1.04. The number of piperidine rings is 1. The molecule has 4 atom stereocenters. The first kappa shape index (κ1) is 7.76. The van der Waals surface area contributed by atoms with Gasteiger partial charge in [0, 0.05) is 18.3 Å². The maximum Gasteiger partial charge on any atom is 0.252 e. The third-order valence-corrected chi connectivity index (χ3v) is 4.00. The molecule has 3 rings (SSSR count). The summed E-state index contributed by atoms with van der Waals surface area (Å²) in [6.07, 6.45) is 0.814. The molecule has 4 nitrogen and oxygen atoms in total. The molecule has 0 aromatic heterocycles. The molecule has 3 fully saturated rings. The average molecular weight is 183 g/mol. The first-order valence-electron chi connectivity index (χ1n) is 4.78. The molecule has 4 unspecified atom stereocenters. The van der Waals surface area contributed by atoms with Crippen LogP contribution in [0.5, 0.6) is 0 Å². The van der Waals surface area contributed by atoms with Crippen LogP contribution in [0.3, 0.4) is 0 Å². The first-order valence-corrected chi connectivity index (χ1v) is 4.78. The molecule has 2 aliphatic heterocycles. The second kappa shape index (κ2) is 2.07. The summed E-state index contributed by atoms with van der Waals surface area (Å²) >= 11 is 0. The maximum absolute atomic E-state index is 11.7. The van der Waals surface area contributed by atoms with Crippen LogP contribution in [-0.4, -0.2) is 23.5 Å². The number of hydrogen-bond donors (Lipinski definition) is 0. The molecule has 1 aliphatic carbocycles. The van der Waals surface area contributed by atoms with Crippen molar-refractivity contribution in [1.29, 1.82) is 0 Å². The van der Waals surface area contributed by atoms with E-state index >= 15 is 0 Å². The number of nitrogens with zero attached hydrogens (tertiary/aromatic N) is 1. The molecule has 1 saturated carbocycles. The van der Waals surface area contributed by atoms with Gasteiger partial charge in [0.25, 0.3) is 5.91 Å². The molecule has 0 aromatic carbocycles. The number of rotatable bonds is 0. The molecule has 0 aromatic rings. The van der Waals surface area contributed by atoms with Crippen molar-refractivity contribution in [3.05, 3.63) is 0 Å². The minimum atomic E-state index is -0.416. The van der Waals surface area contributed by atoms with E-state index in [-0.39, 0.29) is 18.6 Å². The molecule has 2 saturated heterocycles. The standard InChI is InChI=1S/C9H13NO3/c1-5-6(2)9-3-7(5)8(11)10(9)13-4-12-9/h5-7H,3-4H2,1-2H3. The highest BCUT2D eigenvalue weighted by Gasteiger charge is 2.67. The van der Waals surface area contributed by atoms with E-state index in [0.29, 0.717) is 11.8 Å². The van der Waals surface area contributed by atoms with E-state index in [1.54, 1.807) is 0 Å². The number of hydroxylamine groups is 2. The van der Waals surface area contributed by atoms with Crippen LogP contribution in [0.15, 0.2) is 0 Å². The lowest BCUT2D eigenvalue weighted by Crippen LogP contribution is -2.50. The lowest BCUT2D eigenvalue weighted by atomic mass is 9.87. The van der Waals surface area contributed by atoms with Crippen LogP contribution in [-0.2, 0) is 14.4 Å². The van der Waals surface area contributed by atoms with E-state index in [2.05, 4.69) is 13.8 Å². The van der Waals surface area contributed by atoms with Crippen molar-refractivity contribution < 1.29 is 14.4 Å². The predicted octanol–water partition coefficient (Wildman–Crippen LogP) is 0.736. The van der Waals surface area contributed by atoms with Gasteiger partial charge in [-0.2, -0.15) is 5.06 Å². The van der Waals surface area contributed by atoms with Crippen LogP contribution in [0.25, 0.3) is 0 Å². The van der Waals surface area contributed by atoms with Gasteiger partial charge in [0.05, 0.1) is 0 Å². The van der Waals surface area contributed by atoms with Crippen molar-refractivity contribution in [3.8, 4) is 0 Å². The summed E-state index contributed by atoms with van der Waals surface area (Å²) in [6, 6.07) is 0. The van der Waals surface area contributed by atoms with E-state index in [1.165, 1.54) is 5.06 Å². The number of fused-ring (bicyclic) bond motifs is 1. The fourth-order valence-corrected chi connectivity index (χ4v) is 2.97. The Labute approximate surface area is 76.7 Å². The van der Waals surface area contributed by atoms with Crippen LogP contribution in [0, 0.1) is 17.8 Å². The van der Waals surface area contributed by atoms with Gasteiger partial charge in [0.15, 0.2) is 12.5 Å². The fraction of sp³-hybridized carbons (Fsp3) is 0.889. The summed E-state index contributed by atoms with van der Waals surface area (Å²) in [4.78, 5) is 16.9. The van der Waals surface area contributed by atoms with Crippen LogP contribution in [0.2, 0.25) is 0 Å². The van der Waals surface area contributed by atoms with E-state index in [4.69, 9.17) is 9.57 Å². The van der Waals surface area contributed by atoms with Crippen LogP contribution < -0.4 is 0 Å². The van der Waals surface area contributed by atoms with Crippen molar-refractivity contribution in [3.63, 3.8) is 0 Å². The highest BCUT2D eigenvalue weighted by Crippen LogP contribution is 2.56. The van der Waals surface area contributed by atoms with Crippen LogP contribution in [0.1, 0.15) is 20.3 Å². The van der Waals surface area contributed by atoms with Gasteiger partial charge in [-0.3, -0.25) is 4.79 Å². The van der Waals surface area contributed by atoms with Crippen molar-refractivity contribution >= 4 is 5.91 Å². The zero-order valence-corrected chi connectivity index (χ0v) is 7.82. The summed E-state index contributed by atoms with van der Waals surface area (Å²) in [5.41, 5.74) is -0.416. The zero-order valence-electron chi connectivity index (χ0n) is 7.82. The molecule has 1 amide bonds. The zero-order chi connectivity index (χ0) is 9.22. The molecule has 0 radical (unpaired) electrons. The average Bonchev–Trinajstić information content (AvgIpc) is 2.69.